The van der Waals surface area contributed by atoms with E-state index in [0.29, 0.717) is 0 Å². The quantitative estimate of drug-likeness (QED) is 0.458. The van der Waals surface area contributed by atoms with Gasteiger partial charge < -0.3 is 10.2 Å². The van der Waals surface area contributed by atoms with Crippen molar-refractivity contribution < 1.29 is 0 Å². The second-order valence-electron chi connectivity index (χ2n) is 3.64. The molecule has 1 N–H and O–H groups in total. The lowest BCUT2D eigenvalue weighted by Crippen LogP contribution is -2.16. The second-order valence-corrected chi connectivity index (χ2v) is 3.64. The first-order valence-corrected chi connectivity index (χ1v) is 5.27. The number of hydrogen-bond acceptors (Lipinski definition) is 2. The first-order chi connectivity index (χ1) is 6.27. The second kappa shape index (κ2) is 9.75. The molecule has 0 spiro atoms. The molecule has 2 heteroatoms. The van der Waals surface area contributed by atoms with Gasteiger partial charge >= 0.3 is 0 Å². The zero-order valence-electron chi connectivity index (χ0n) is 9.34. The number of nitrogens with zero attached hydrogens (tertiary/aromatic N) is 1. The van der Waals surface area contributed by atoms with Gasteiger partial charge in [-0.3, -0.25) is 0 Å². The first kappa shape index (κ1) is 12.7. The molecule has 0 unspecified atom stereocenters. The van der Waals surface area contributed by atoms with Gasteiger partial charge in [0.05, 0.1) is 0 Å². The van der Waals surface area contributed by atoms with Crippen molar-refractivity contribution in [2.24, 2.45) is 0 Å². The van der Waals surface area contributed by atoms with E-state index in [1.807, 2.05) is 0 Å². The van der Waals surface area contributed by atoms with Crippen LogP contribution < -0.4 is 5.32 Å². The standard InChI is InChI=1S/C11H24N2/c1-4-5-6-9-12-10-7-8-11-13(2)3/h7-8,12H,4-6,9-11H2,1-3H3/b8-7+. The van der Waals surface area contributed by atoms with Crippen molar-refractivity contribution in [1.82, 2.24) is 10.2 Å². The predicted molar refractivity (Wildman–Crippen MR) is 60.1 cm³/mol. The van der Waals surface area contributed by atoms with E-state index >= 15 is 0 Å². The summed E-state index contributed by atoms with van der Waals surface area (Å²) in [5.74, 6) is 0. The van der Waals surface area contributed by atoms with Crippen molar-refractivity contribution in [2.45, 2.75) is 26.2 Å². The molecule has 0 atom stereocenters. The Hall–Kier alpha value is -0.340. The highest BCUT2D eigenvalue weighted by Crippen LogP contribution is 1.90. The molecule has 0 amide bonds. The number of unbranched alkanes of at least 4 members (excludes halogenated alkanes) is 2. The van der Waals surface area contributed by atoms with Gasteiger partial charge in [0.25, 0.3) is 0 Å². The fourth-order valence-electron chi connectivity index (χ4n) is 1.05. The molecule has 0 heterocycles. The lowest BCUT2D eigenvalue weighted by atomic mass is 10.2. The van der Waals surface area contributed by atoms with Crippen molar-refractivity contribution >= 4 is 0 Å². The molecule has 0 aromatic rings. The number of rotatable bonds is 8. The van der Waals surface area contributed by atoms with Crippen LogP contribution >= 0.6 is 0 Å². The van der Waals surface area contributed by atoms with Crippen LogP contribution in [-0.2, 0) is 0 Å². The van der Waals surface area contributed by atoms with Crippen LogP contribution in [0, 0.1) is 0 Å². The maximum atomic E-state index is 3.39. The van der Waals surface area contributed by atoms with Gasteiger partial charge in [-0.2, -0.15) is 0 Å². The fourth-order valence-corrected chi connectivity index (χ4v) is 1.05. The van der Waals surface area contributed by atoms with E-state index < -0.39 is 0 Å². The molecule has 0 aliphatic heterocycles. The van der Waals surface area contributed by atoms with E-state index in [-0.39, 0.29) is 0 Å². The van der Waals surface area contributed by atoms with Crippen LogP contribution in [0.3, 0.4) is 0 Å². The summed E-state index contributed by atoms with van der Waals surface area (Å²) in [6, 6.07) is 0. The molecule has 0 aromatic heterocycles. The van der Waals surface area contributed by atoms with Crippen LogP contribution in [0.15, 0.2) is 12.2 Å². The first-order valence-electron chi connectivity index (χ1n) is 5.27. The molecule has 13 heavy (non-hydrogen) atoms. The summed E-state index contributed by atoms with van der Waals surface area (Å²) in [6.07, 6.45) is 8.35. The molecule has 0 saturated heterocycles. The minimum absolute atomic E-state index is 1.01. The summed E-state index contributed by atoms with van der Waals surface area (Å²) in [6.45, 7) is 5.44. The largest absolute Gasteiger partial charge is 0.313 e. The molecule has 78 valence electrons. The van der Waals surface area contributed by atoms with Crippen molar-refractivity contribution in [3.63, 3.8) is 0 Å². The highest BCUT2D eigenvalue weighted by molar-refractivity contribution is 4.85. The highest BCUT2D eigenvalue weighted by Gasteiger charge is 1.84. The Morgan fingerprint density at radius 1 is 1.15 bits per heavy atom. The average Bonchev–Trinajstić information content (AvgIpc) is 2.09. The van der Waals surface area contributed by atoms with Gasteiger partial charge in [0.2, 0.25) is 0 Å². The smallest absolute Gasteiger partial charge is 0.0157 e. The minimum Gasteiger partial charge on any atom is -0.313 e. The van der Waals surface area contributed by atoms with Crippen molar-refractivity contribution in [1.29, 1.82) is 0 Å². The Labute approximate surface area is 83.0 Å². The van der Waals surface area contributed by atoms with Gasteiger partial charge in [-0.25, -0.2) is 0 Å². The average molecular weight is 184 g/mol. The monoisotopic (exact) mass is 184 g/mol. The zero-order chi connectivity index (χ0) is 9.94. The molecule has 0 saturated carbocycles. The Bertz CT molecular complexity index is 119. The van der Waals surface area contributed by atoms with E-state index in [9.17, 15) is 0 Å². The van der Waals surface area contributed by atoms with Gasteiger partial charge in [0, 0.05) is 13.1 Å². The summed E-state index contributed by atoms with van der Waals surface area (Å²) in [7, 11) is 4.16. The third-order valence-electron chi connectivity index (χ3n) is 1.86. The van der Waals surface area contributed by atoms with Gasteiger partial charge in [0.1, 0.15) is 0 Å². The Morgan fingerprint density at radius 2 is 1.92 bits per heavy atom. The van der Waals surface area contributed by atoms with Crippen LogP contribution in [0.2, 0.25) is 0 Å². The zero-order valence-corrected chi connectivity index (χ0v) is 9.34. The molecule has 0 fully saturated rings. The normalized spacial score (nSPS) is 11.7. The van der Waals surface area contributed by atoms with Gasteiger partial charge in [-0.15, -0.1) is 0 Å². The number of likely N-dealkylation sites (N-methyl/N-ethyl adjacent to an activating group) is 1. The molecule has 2 nitrogen and oxygen atoms in total. The number of nitrogens with one attached hydrogen (secondary N) is 1. The molecule has 0 aliphatic carbocycles. The lowest BCUT2D eigenvalue weighted by molar-refractivity contribution is 0.456. The van der Waals surface area contributed by atoms with Crippen molar-refractivity contribution in [2.75, 3.05) is 33.7 Å². The molecular weight excluding hydrogens is 160 g/mol. The summed E-state index contributed by atoms with van der Waals surface area (Å²) in [5, 5.41) is 3.39. The highest BCUT2D eigenvalue weighted by atomic mass is 15.0. The number of hydrogen-bond donors (Lipinski definition) is 1. The van der Waals surface area contributed by atoms with E-state index in [2.05, 4.69) is 43.4 Å². The topological polar surface area (TPSA) is 15.3 Å². The van der Waals surface area contributed by atoms with Crippen molar-refractivity contribution in [3.05, 3.63) is 12.2 Å². The van der Waals surface area contributed by atoms with E-state index in [1.165, 1.54) is 19.3 Å². The third-order valence-corrected chi connectivity index (χ3v) is 1.86. The summed E-state index contributed by atoms with van der Waals surface area (Å²) < 4.78 is 0. The lowest BCUT2D eigenvalue weighted by Gasteiger charge is -2.04. The van der Waals surface area contributed by atoms with Gasteiger partial charge in [0.15, 0.2) is 0 Å². The SMILES string of the molecule is CCCCCNC/C=C/CN(C)C. The van der Waals surface area contributed by atoms with E-state index in [1.54, 1.807) is 0 Å². The molecule has 0 aliphatic rings. The fraction of sp³-hybridized carbons (Fsp3) is 0.818. The minimum atomic E-state index is 1.01. The Balaban J connectivity index is 3.02. The summed E-state index contributed by atoms with van der Waals surface area (Å²) in [5.41, 5.74) is 0. The summed E-state index contributed by atoms with van der Waals surface area (Å²) in [4.78, 5) is 2.16. The molecule has 0 bridgehead atoms. The van der Waals surface area contributed by atoms with Crippen LogP contribution in [-0.4, -0.2) is 38.6 Å². The van der Waals surface area contributed by atoms with Crippen LogP contribution in [0.25, 0.3) is 0 Å². The molecular formula is C11H24N2. The third kappa shape index (κ3) is 11.7. The van der Waals surface area contributed by atoms with E-state index in [4.69, 9.17) is 0 Å². The van der Waals surface area contributed by atoms with Gasteiger partial charge in [-0.1, -0.05) is 31.9 Å². The maximum Gasteiger partial charge on any atom is 0.0157 e. The van der Waals surface area contributed by atoms with Gasteiger partial charge in [-0.05, 0) is 27.1 Å². The maximum absolute atomic E-state index is 3.39. The van der Waals surface area contributed by atoms with E-state index in [0.717, 1.165) is 19.6 Å². The van der Waals surface area contributed by atoms with Crippen LogP contribution in [0.4, 0.5) is 0 Å². The van der Waals surface area contributed by atoms with Crippen molar-refractivity contribution in [3.8, 4) is 0 Å². The Kier molecular flexibility index (Phi) is 9.49. The molecule has 0 rings (SSSR count). The predicted octanol–water partition coefficient (Wildman–Crippen LogP) is 1.88. The summed E-state index contributed by atoms with van der Waals surface area (Å²) >= 11 is 0. The van der Waals surface area contributed by atoms with Crippen LogP contribution in [0.1, 0.15) is 26.2 Å². The molecule has 0 radical (unpaired) electrons. The molecule has 0 aromatic carbocycles. The Morgan fingerprint density at radius 3 is 2.54 bits per heavy atom. The van der Waals surface area contributed by atoms with Crippen LogP contribution in [0.5, 0.6) is 0 Å².